The van der Waals surface area contributed by atoms with E-state index in [2.05, 4.69) is 22.0 Å². The predicted molar refractivity (Wildman–Crippen MR) is 81.5 cm³/mol. The van der Waals surface area contributed by atoms with E-state index in [-0.39, 0.29) is 0 Å². The van der Waals surface area contributed by atoms with Gasteiger partial charge in [0, 0.05) is 5.33 Å². The topological polar surface area (TPSA) is 42.2 Å². The van der Waals surface area contributed by atoms with Gasteiger partial charge in [0.2, 0.25) is 0 Å². The lowest BCUT2D eigenvalue weighted by atomic mass is 10.1. The molecule has 4 heteroatoms. The summed E-state index contributed by atoms with van der Waals surface area (Å²) >= 11 is 3.37. The van der Waals surface area contributed by atoms with Gasteiger partial charge < -0.3 is 9.47 Å². The van der Waals surface area contributed by atoms with Gasteiger partial charge in [-0.25, -0.2) is 0 Å². The average molecular weight is 332 g/mol. The van der Waals surface area contributed by atoms with Crippen molar-refractivity contribution in [3.05, 3.63) is 53.6 Å². The number of nitrogens with zero attached hydrogens (tertiary/aromatic N) is 1. The Labute approximate surface area is 126 Å². The van der Waals surface area contributed by atoms with Crippen molar-refractivity contribution in [2.75, 3.05) is 6.61 Å². The first-order valence-corrected chi connectivity index (χ1v) is 7.38. The molecular formula is C16H14BrNO2. The molecule has 0 heterocycles. The van der Waals surface area contributed by atoms with E-state index >= 15 is 0 Å². The smallest absolute Gasteiger partial charge is 0.145 e. The molecule has 0 fully saturated rings. The third kappa shape index (κ3) is 3.52. The maximum Gasteiger partial charge on any atom is 0.145 e. The van der Waals surface area contributed by atoms with Crippen LogP contribution in [-0.4, -0.2) is 6.61 Å². The molecule has 102 valence electrons. The van der Waals surface area contributed by atoms with Crippen molar-refractivity contribution in [3.63, 3.8) is 0 Å². The molecule has 0 radical (unpaired) electrons. The van der Waals surface area contributed by atoms with E-state index in [9.17, 15) is 0 Å². The second-order valence-electron chi connectivity index (χ2n) is 4.08. The molecule has 0 aliphatic rings. The van der Waals surface area contributed by atoms with Gasteiger partial charge in [0.05, 0.1) is 12.2 Å². The molecule has 0 aliphatic heterocycles. The Kier molecular flexibility index (Phi) is 5.03. The van der Waals surface area contributed by atoms with Gasteiger partial charge in [-0.3, -0.25) is 0 Å². The molecule has 0 aromatic heterocycles. The molecule has 3 nitrogen and oxygen atoms in total. The van der Waals surface area contributed by atoms with Crippen LogP contribution in [0.2, 0.25) is 0 Å². The van der Waals surface area contributed by atoms with Crippen molar-refractivity contribution in [3.8, 4) is 23.3 Å². The van der Waals surface area contributed by atoms with Crippen LogP contribution in [0.5, 0.6) is 17.2 Å². The molecule has 0 atom stereocenters. The van der Waals surface area contributed by atoms with E-state index in [0.29, 0.717) is 29.0 Å². The van der Waals surface area contributed by atoms with Crippen LogP contribution in [0.4, 0.5) is 0 Å². The Morgan fingerprint density at radius 2 is 1.80 bits per heavy atom. The maximum atomic E-state index is 9.17. The van der Waals surface area contributed by atoms with Gasteiger partial charge in [0.1, 0.15) is 23.3 Å². The SMILES string of the molecule is CCOc1ccc(Oc2ccc(CBr)cc2C#N)cc1. The number of hydrogen-bond acceptors (Lipinski definition) is 3. The fourth-order valence-corrected chi connectivity index (χ4v) is 2.08. The zero-order chi connectivity index (χ0) is 14.4. The lowest BCUT2D eigenvalue weighted by Crippen LogP contribution is -1.92. The molecule has 0 saturated heterocycles. The number of hydrogen-bond donors (Lipinski definition) is 0. The first-order valence-electron chi connectivity index (χ1n) is 6.26. The molecule has 0 bridgehead atoms. The van der Waals surface area contributed by atoms with Crippen LogP contribution in [0.3, 0.4) is 0 Å². The van der Waals surface area contributed by atoms with Gasteiger partial charge in [-0.2, -0.15) is 5.26 Å². The van der Waals surface area contributed by atoms with Crippen LogP contribution in [0, 0.1) is 11.3 Å². The highest BCUT2D eigenvalue weighted by Gasteiger charge is 2.06. The Balaban J connectivity index is 2.19. The number of alkyl halides is 1. The minimum absolute atomic E-state index is 0.524. The van der Waals surface area contributed by atoms with E-state index in [1.807, 2.05) is 49.4 Å². The van der Waals surface area contributed by atoms with E-state index in [0.717, 1.165) is 11.3 Å². The van der Waals surface area contributed by atoms with Gasteiger partial charge in [0.15, 0.2) is 0 Å². The van der Waals surface area contributed by atoms with E-state index < -0.39 is 0 Å². The van der Waals surface area contributed by atoms with E-state index in [4.69, 9.17) is 14.7 Å². The second-order valence-corrected chi connectivity index (χ2v) is 4.64. The van der Waals surface area contributed by atoms with Crippen molar-refractivity contribution in [2.24, 2.45) is 0 Å². The number of rotatable bonds is 5. The highest BCUT2D eigenvalue weighted by atomic mass is 79.9. The number of halogens is 1. The number of nitriles is 1. The summed E-state index contributed by atoms with van der Waals surface area (Å²) < 4.78 is 11.1. The zero-order valence-corrected chi connectivity index (χ0v) is 12.7. The van der Waals surface area contributed by atoms with Crippen molar-refractivity contribution >= 4 is 15.9 Å². The molecular weight excluding hydrogens is 318 g/mol. The monoisotopic (exact) mass is 331 g/mol. The Morgan fingerprint density at radius 1 is 1.10 bits per heavy atom. The molecule has 0 N–H and O–H groups in total. The summed E-state index contributed by atoms with van der Waals surface area (Å²) in [6, 6.07) is 15.0. The largest absolute Gasteiger partial charge is 0.494 e. The van der Waals surface area contributed by atoms with Crippen LogP contribution in [0.15, 0.2) is 42.5 Å². The maximum absolute atomic E-state index is 9.17. The number of benzene rings is 2. The molecule has 2 aromatic carbocycles. The molecule has 2 aromatic rings. The van der Waals surface area contributed by atoms with Crippen LogP contribution in [0.1, 0.15) is 18.1 Å². The van der Waals surface area contributed by atoms with E-state index in [1.54, 1.807) is 0 Å². The summed E-state index contributed by atoms with van der Waals surface area (Å²) in [5.41, 5.74) is 1.57. The predicted octanol–water partition coefficient (Wildman–Crippen LogP) is 4.64. The first kappa shape index (κ1) is 14.4. The minimum atomic E-state index is 0.524. The molecule has 20 heavy (non-hydrogen) atoms. The summed E-state index contributed by atoms with van der Waals surface area (Å²) in [5, 5.41) is 9.88. The fourth-order valence-electron chi connectivity index (χ4n) is 1.73. The quantitative estimate of drug-likeness (QED) is 0.749. The Hall–Kier alpha value is -1.99. The van der Waals surface area contributed by atoms with Crippen molar-refractivity contribution < 1.29 is 9.47 Å². The molecule has 0 unspecified atom stereocenters. The molecule has 0 saturated carbocycles. The van der Waals surface area contributed by atoms with E-state index in [1.165, 1.54) is 0 Å². The van der Waals surface area contributed by atoms with Gasteiger partial charge in [-0.05, 0) is 48.9 Å². The Morgan fingerprint density at radius 3 is 2.40 bits per heavy atom. The van der Waals surface area contributed by atoms with Crippen molar-refractivity contribution in [2.45, 2.75) is 12.3 Å². The van der Waals surface area contributed by atoms with Crippen LogP contribution in [-0.2, 0) is 5.33 Å². The summed E-state index contributed by atoms with van der Waals surface area (Å²) in [5.74, 6) is 2.04. The van der Waals surface area contributed by atoms with Crippen LogP contribution >= 0.6 is 15.9 Å². The highest BCUT2D eigenvalue weighted by molar-refractivity contribution is 9.08. The van der Waals surface area contributed by atoms with Crippen LogP contribution < -0.4 is 9.47 Å². The molecule has 0 aliphatic carbocycles. The third-order valence-corrected chi connectivity index (χ3v) is 3.33. The molecule has 2 rings (SSSR count). The molecule has 0 amide bonds. The van der Waals surface area contributed by atoms with Gasteiger partial charge in [0.25, 0.3) is 0 Å². The zero-order valence-electron chi connectivity index (χ0n) is 11.1. The van der Waals surface area contributed by atoms with Crippen LogP contribution in [0.25, 0.3) is 0 Å². The highest BCUT2D eigenvalue weighted by Crippen LogP contribution is 2.27. The minimum Gasteiger partial charge on any atom is -0.494 e. The summed E-state index contributed by atoms with van der Waals surface area (Å²) in [7, 11) is 0. The third-order valence-electron chi connectivity index (χ3n) is 2.68. The molecule has 0 spiro atoms. The van der Waals surface area contributed by atoms with Crippen molar-refractivity contribution in [1.82, 2.24) is 0 Å². The van der Waals surface area contributed by atoms with Gasteiger partial charge in [-0.1, -0.05) is 22.0 Å². The second kappa shape index (κ2) is 6.97. The first-order chi connectivity index (χ1) is 9.76. The fraction of sp³-hybridized carbons (Fsp3) is 0.188. The summed E-state index contributed by atoms with van der Waals surface area (Å²) in [6.07, 6.45) is 0. The summed E-state index contributed by atoms with van der Waals surface area (Å²) in [6.45, 7) is 2.57. The van der Waals surface area contributed by atoms with Gasteiger partial charge in [-0.15, -0.1) is 0 Å². The van der Waals surface area contributed by atoms with Gasteiger partial charge >= 0.3 is 0 Å². The average Bonchev–Trinajstić information content (AvgIpc) is 2.50. The lowest BCUT2D eigenvalue weighted by Gasteiger charge is -2.09. The number of ether oxygens (including phenoxy) is 2. The standard InChI is InChI=1S/C16H14BrNO2/c1-2-19-14-4-6-15(7-5-14)20-16-8-3-12(10-17)9-13(16)11-18/h3-9H,2,10H2,1H3. The Bertz CT molecular complexity index is 617. The van der Waals surface area contributed by atoms with Crippen molar-refractivity contribution in [1.29, 1.82) is 5.26 Å². The normalized spacial score (nSPS) is 9.85. The lowest BCUT2D eigenvalue weighted by molar-refractivity contribution is 0.339. The summed E-state index contributed by atoms with van der Waals surface area (Å²) in [4.78, 5) is 0.